The summed E-state index contributed by atoms with van der Waals surface area (Å²) < 4.78 is 5.07. The molecule has 0 spiro atoms. The molecule has 1 atom stereocenters. The molecule has 132 valence electrons. The topological polar surface area (TPSA) is 59.8 Å². The van der Waals surface area contributed by atoms with Crippen molar-refractivity contribution in [2.75, 3.05) is 26.2 Å². The monoisotopic (exact) mass is 353 g/mol. The number of halogens is 1. The number of rotatable bonds is 6. The van der Waals surface area contributed by atoms with Crippen molar-refractivity contribution in [2.45, 2.75) is 32.7 Å². The Kier molecular flexibility index (Phi) is 7.06. The lowest BCUT2D eigenvalue weighted by molar-refractivity contribution is -0.897. The second-order valence-corrected chi connectivity index (χ2v) is 6.73. The van der Waals surface area contributed by atoms with Gasteiger partial charge in [0.05, 0.1) is 31.7 Å². The van der Waals surface area contributed by atoms with Crippen molar-refractivity contribution < 1.29 is 19.2 Å². The zero-order chi connectivity index (χ0) is 17.5. The first-order chi connectivity index (χ1) is 11.5. The van der Waals surface area contributed by atoms with Crippen LogP contribution in [0.4, 0.5) is 0 Å². The summed E-state index contributed by atoms with van der Waals surface area (Å²) in [5.74, 6) is -0.0928. The van der Waals surface area contributed by atoms with Crippen LogP contribution in [0, 0.1) is 5.92 Å². The number of carbonyl (C=O) groups excluding carboxylic acids is 2. The van der Waals surface area contributed by atoms with Crippen LogP contribution in [0.15, 0.2) is 24.3 Å². The highest BCUT2D eigenvalue weighted by atomic mass is 35.5. The van der Waals surface area contributed by atoms with E-state index in [1.807, 2.05) is 38.1 Å². The third-order valence-corrected chi connectivity index (χ3v) is 4.68. The first-order valence-corrected chi connectivity index (χ1v) is 8.92. The Morgan fingerprint density at radius 1 is 1.38 bits per heavy atom. The van der Waals surface area contributed by atoms with Gasteiger partial charge in [-0.25, -0.2) is 0 Å². The summed E-state index contributed by atoms with van der Waals surface area (Å²) >= 11 is 5.99. The molecule has 2 rings (SSSR count). The maximum absolute atomic E-state index is 12.2. The van der Waals surface area contributed by atoms with Crippen molar-refractivity contribution in [1.82, 2.24) is 5.32 Å². The lowest BCUT2D eigenvalue weighted by atomic mass is 9.97. The van der Waals surface area contributed by atoms with Crippen molar-refractivity contribution in [3.05, 3.63) is 34.9 Å². The molecule has 1 aliphatic rings. The van der Waals surface area contributed by atoms with Crippen molar-refractivity contribution in [3.63, 3.8) is 0 Å². The zero-order valence-corrected chi connectivity index (χ0v) is 15.1. The number of likely N-dealkylation sites (tertiary alicyclic amines) is 1. The number of hydrogen-bond donors (Lipinski definition) is 2. The SMILES string of the molecule is CCOC(=O)C1CC[NH+](CC(=O)N[C@@H](C)c2cccc(Cl)c2)CC1. The van der Waals surface area contributed by atoms with E-state index in [-0.39, 0.29) is 23.8 Å². The van der Waals surface area contributed by atoms with Crippen LogP contribution in [0.5, 0.6) is 0 Å². The lowest BCUT2D eigenvalue weighted by Gasteiger charge is -2.28. The number of ether oxygens (including phenoxy) is 1. The third-order valence-electron chi connectivity index (χ3n) is 4.45. The number of nitrogens with one attached hydrogen (secondary N) is 2. The number of carbonyl (C=O) groups is 2. The molecule has 0 radical (unpaired) electrons. The molecule has 1 heterocycles. The van der Waals surface area contributed by atoms with Crippen LogP contribution in [0.3, 0.4) is 0 Å². The van der Waals surface area contributed by atoms with E-state index in [0.29, 0.717) is 18.2 Å². The lowest BCUT2D eigenvalue weighted by Crippen LogP contribution is -3.14. The van der Waals surface area contributed by atoms with E-state index in [2.05, 4.69) is 5.32 Å². The highest BCUT2D eigenvalue weighted by molar-refractivity contribution is 6.30. The Labute approximate surface area is 148 Å². The summed E-state index contributed by atoms with van der Waals surface area (Å²) in [5, 5.41) is 3.68. The molecular formula is C18H26ClN2O3+. The predicted molar refractivity (Wildman–Crippen MR) is 92.9 cm³/mol. The molecule has 0 unspecified atom stereocenters. The van der Waals surface area contributed by atoms with Gasteiger partial charge in [-0.2, -0.15) is 0 Å². The van der Waals surface area contributed by atoms with Crippen LogP contribution < -0.4 is 10.2 Å². The van der Waals surface area contributed by atoms with Crippen molar-refractivity contribution in [2.24, 2.45) is 5.92 Å². The average Bonchev–Trinajstić information content (AvgIpc) is 2.55. The molecule has 0 saturated carbocycles. The van der Waals surface area contributed by atoms with Crippen LogP contribution >= 0.6 is 11.6 Å². The molecule has 1 aromatic rings. The van der Waals surface area contributed by atoms with E-state index in [1.165, 1.54) is 4.90 Å². The first-order valence-electron chi connectivity index (χ1n) is 8.54. The van der Waals surface area contributed by atoms with Gasteiger partial charge in [-0.05, 0) is 31.5 Å². The number of piperidine rings is 1. The van der Waals surface area contributed by atoms with Gasteiger partial charge in [0, 0.05) is 17.9 Å². The third kappa shape index (κ3) is 5.49. The largest absolute Gasteiger partial charge is 0.466 e. The molecule has 2 N–H and O–H groups in total. The molecule has 0 aliphatic carbocycles. The smallest absolute Gasteiger partial charge is 0.309 e. The van der Waals surface area contributed by atoms with Gasteiger partial charge in [-0.1, -0.05) is 23.7 Å². The highest BCUT2D eigenvalue weighted by Gasteiger charge is 2.29. The molecule has 1 amide bonds. The Morgan fingerprint density at radius 3 is 2.71 bits per heavy atom. The van der Waals surface area contributed by atoms with Crippen LogP contribution in [0.2, 0.25) is 5.02 Å². The van der Waals surface area contributed by atoms with Crippen molar-refractivity contribution in [3.8, 4) is 0 Å². The summed E-state index contributed by atoms with van der Waals surface area (Å²) in [6, 6.07) is 7.44. The maximum atomic E-state index is 12.2. The maximum Gasteiger partial charge on any atom is 0.309 e. The Hall–Kier alpha value is -1.59. The number of esters is 1. The summed E-state index contributed by atoms with van der Waals surface area (Å²) in [4.78, 5) is 25.2. The van der Waals surface area contributed by atoms with E-state index in [4.69, 9.17) is 16.3 Å². The second kappa shape index (κ2) is 9.04. The van der Waals surface area contributed by atoms with Gasteiger partial charge >= 0.3 is 5.97 Å². The Morgan fingerprint density at radius 2 is 2.08 bits per heavy atom. The van der Waals surface area contributed by atoms with Gasteiger partial charge in [0.2, 0.25) is 0 Å². The molecule has 1 saturated heterocycles. The van der Waals surface area contributed by atoms with Crippen LogP contribution in [0.1, 0.15) is 38.3 Å². The van der Waals surface area contributed by atoms with E-state index in [9.17, 15) is 9.59 Å². The van der Waals surface area contributed by atoms with Gasteiger partial charge in [0.25, 0.3) is 5.91 Å². The number of quaternary nitrogens is 1. The van der Waals surface area contributed by atoms with Crippen molar-refractivity contribution >= 4 is 23.5 Å². The summed E-state index contributed by atoms with van der Waals surface area (Å²) in [6.45, 7) is 6.27. The number of amides is 1. The minimum absolute atomic E-state index is 0.0119. The number of hydrogen-bond acceptors (Lipinski definition) is 3. The molecule has 1 fully saturated rings. The molecule has 24 heavy (non-hydrogen) atoms. The molecule has 0 aromatic heterocycles. The molecule has 0 bridgehead atoms. The van der Waals surface area contributed by atoms with E-state index < -0.39 is 0 Å². The van der Waals surface area contributed by atoms with E-state index in [1.54, 1.807) is 0 Å². The molecule has 1 aromatic carbocycles. The standard InChI is InChI=1S/C18H25ClN2O3/c1-3-24-18(23)14-7-9-21(10-8-14)12-17(22)20-13(2)15-5-4-6-16(19)11-15/h4-6,11,13-14H,3,7-10,12H2,1-2H3,(H,20,22)/p+1/t13-/m0/s1. The predicted octanol–water partition coefficient (Wildman–Crippen LogP) is 1.38. The minimum Gasteiger partial charge on any atom is -0.466 e. The van der Waals surface area contributed by atoms with Gasteiger partial charge < -0.3 is 15.0 Å². The first kappa shape index (κ1) is 18.7. The van der Waals surface area contributed by atoms with E-state index >= 15 is 0 Å². The van der Waals surface area contributed by atoms with Crippen LogP contribution in [0.25, 0.3) is 0 Å². The second-order valence-electron chi connectivity index (χ2n) is 6.30. The summed E-state index contributed by atoms with van der Waals surface area (Å²) in [5.41, 5.74) is 0.992. The fourth-order valence-electron chi connectivity index (χ4n) is 3.08. The number of benzene rings is 1. The van der Waals surface area contributed by atoms with Gasteiger partial charge in [-0.15, -0.1) is 0 Å². The zero-order valence-electron chi connectivity index (χ0n) is 14.3. The van der Waals surface area contributed by atoms with Gasteiger partial charge in [-0.3, -0.25) is 9.59 Å². The quantitative estimate of drug-likeness (QED) is 0.759. The van der Waals surface area contributed by atoms with Crippen LogP contribution in [-0.4, -0.2) is 38.1 Å². The molecule has 5 nitrogen and oxygen atoms in total. The molecular weight excluding hydrogens is 328 g/mol. The van der Waals surface area contributed by atoms with Crippen LogP contribution in [-0.2, 0) is 14.3 Å². The fourth-order valence-corrected chi connectivity index (χ4v) is 3.28. The average molecular weight is 354 g/mol. The summed E-state index contributed by atoms with van der Waals surface area (Å²) in [7, 11) is 0. The van der Waals surface area contributed by atoms with Crippen molar-refractivity contribution in [1.29, 1.82) is 0 Å². The van der Waals surface area contributed by atoms with E-state index in [0.717, 1.165) is 31.5 Å². The minimum atomic E-state index is -0.101. The normalized spacial score (nSPS) is 21.8. The Balaban J connectivity index is 1.76. The van der Waals surface area contributed by atoms with Gasteiger partial charge in [0.15, 0.2) is 6.54 Å². The highest BCUT2D eigenvalue weighted by Crippen LogP contribution is 2.17. The molecule has 6 heteroatoms. The summed E-state index contributed by atoms with van der Waals surface area (Å²) in [6.07, 6.45) is 1.57. The Bertz CT molecular complexity index is 571. The molecule has 1 aliphatic heterocycles. The fraction of sp³-hybridized carbons (Fsp3) is 0.556. The van der Waals surface area contributed by atoms with Gasteiger partial charge in [0.1, 0.15) is 0 Å².